The lowest BCUT2D eigenvalue weighted by Gasteiger charge is -2.57. The van der Waals surface area contributed by atoms with Crippen LogP contribution in [-0.4, -0.2) is 22.4 Å². The Morgan fingerprint density at radius 1 is 0.917 bits per heavy atom. The van der Waals surface area contributed by atoms with Crippen LogP contribution in [-0.2, 0) is 0 Å². The van der Waals surface area contributed by atoms with Crippen LogP contribution in [0.3, 0.4) is 0 Å². The highest BCUT2D eigenvalue weighted by atomic mass is 16.3. The minimum atomic E-state index is -0.397. The Hall–Kier alpha value is -0.0800. The third-order valence-corrected chi connectivity index (χ3v) is 9.29. The summed E-state index contributed by atoms with van der Waals surface area (Å²) in [5, 5.41) is 20.2. The van der Waals surface area contributed by atoms with Gasteiger partial charge in [-0.1, -0.05) is 13.8 Å². The minimum Gasteiger partial charge on any atom is -0.396 e. The molecule has 0 saturated heterocycles. The van der Waals surface area contributed by atoms with Gasteiger partial charge in [-0.3, -0.25) is 0 Å². The van der Waals surface area contributed by atoms with Gasteiger partial charge in [0.2, 0.25) is 0 Å². The van der Waals surface area contributed by atoms with Crippen molar-refractivity contribution in [2.24, 2.45) is 46.8 Å². The van der Waals surface area contributed by atoms with E-state index in [0.29, 0.717) is 17.9 Å². The van der Waals surface area contributed by atoms with Crippen LogP contribution in [0.4, 0.5) is 0 Å². The molecule has 0 radical (unpaired) electrons. The van der Waals surface area contributed by atoms with E-state index in [9.17, 15) is 10.2 Å². The highest BCUT2D eigenvalue weighted by Gasteiger charge is 2.58. The fourth-order valence-electron chi connectivity index (χ4n) is 8.18. The molecule has 4 aliphatic rings. The molecule has 0 amide bonds. The molecule has 5 unspecified atom stereocenters. The molecule has 4 fully saturated rings. The fraction of sp³-hybridized carbons (Fsp3) is 1.00. The first-order valence-electron chi connectivity index (χ1n) is 10.7. The predicted molar refractivity (Wildman–Crippen MR) is 97.5 cm³/mol. The summed E-state index contributed by atoms with van der Waals surface area (Å²) in [4.78, 5) is 0. The molecule has 9 atom stereocenters. The molecular formula is C22H38O2. The van der Waals surface area contributed by atoms with Crippen molar-refractivity contribution in [1.82, 2.24) is 0 Å². The largest absolute Gasteiger partial charge is 0.396 e. The molecule has 4 saturated carbocycles. The van der Waals surface area contributed by atoms with E-state index < -0.39 is 5.60 Å². The van der Waals surface area contributed by atoms with Gasteiger partial charge in [-0.2, -0.15) is 0 Å². The summed E-state index contributed by atoms with van der Waals surface area (Å²) in [7, 11) is 0. The fourth-order valence-corrected chi connectivity index (χ4v) is 8.18. The quantitative estimate of drug-likeness (QED) is 0.772. The third kappa shape index (κ3) is 2.58. The zero-order valence-corrected chi connectivity index (χ0v) is 16.0. The molecule has 4 rings (SSSR count). The molecule has 0 heterocycles. The van der Waals surface area contributed by atoms with E-state index in [0.717, 1.165) is 48.3 Å². The lowest BCUT2D eigenvalue weighted by molar-refractivity contribution is -0.103. The summed E-state index contributed by atoms with van der Waals surface area (Å²) in [6.45, 7) is 7.26. The molecule has 0 aromatic heterocycles. The molecule has 2 heteroatoms. The summed E-state index contributed by atoms with van der Waals surface area (Å²) in [5.74, 6) is 5.65. The molecule has 138 valence electrons. The molecule has 0 aliphatic heterocycles. The van der Waals surface area contributed by atoms with Crippen molar-refractivity contribution in [1.29, 1.82) is 0 Å². The summed E-state index contributed by atoms with van der Waals surface area (Å²) in [6.07, 6.45) is 11.6. The van der Waals surface area contributed by atoms with Crippen LogP contribution in [0.25, 0.3) is 0 Å². The van der Waals surface area contributed by atoms with E-state index >= 15 is 0 Å². The molecule has 24 heavy (non-hydrogen) atoms. The average molecular weight is 335 g/mol. The molecule has 0 spiro atoms. The maximum Gasteiger partial charge on any atom is 0.0622 e. The van der Waals surface area contributed by atoms with Crippen molar-refractivity contribution in [3.05, 3.63) is 0 Å². The topological polar surface area (TPSA) is 40.5 Å². The van der Waals surface area contributed by atoms with Gasteiger partial charge in [-0.25, -0.2) is 0 Å². The average Bonchev–Trinajstić information content (AvgIpc) is 2.90. The van der Waals surface area contributed by atoms with Crippen LogP contribution in [0.1, 0.15) is 78.6 Å². The van der Waals surface area contributed by atoms with Gasteiger partial charge in [0, 0.05) is 6.61 Å². The zero-order chi connectivity index (χ0) is 17.1. The monoisotopic (exact) mass is 334 g/mol. The van der Waals surface area contributed by atoms with E-state index in [1.807, 2.05) is 0 Å². The second-order valence-corrected chi connectivity index (χ2v) is 10.6. The van der Waals surface area contributed by atoms with Crippen molar-refractivity contribution in [2.45, 2.75) is 84.2 Å². The minimum absolute atomic E-state index is 0.362. The van der Waals surface area contributed by atoms with Gasteiger partial charge in [0.25, 0.3) is 0 Å². The first-order valence-corrected chi connectivity index (χ1v) is 10.7. The van der Waals surface area contributed by atoms with Crippen LogP contribution in [0, 0.1) is 46.8 Å². The van der Waals surface area contributed by atoms with Gasteiger partial charge in [0.05, 0.1) is 5.60 Å². The van der Waals surface area contributed by atoms with Crippen molar-refractivity contribution in [3.63, 3.8) is 0 Å². The second kappa shape index (κ2) is 5.98. The normalized spacial score (nSPS) is 55.4. The Morgan fingerprint density at radius 2 is 1.67 bits per heavy atom. The van der Waals surface area contributed by atoms with E-state index in [4.69, 9.17) is 0 Å². The Balaban J connectivity index is 1.53. The highest BCUT2D eigenvalue weighted by Crippen LogP contribution is 2.65. The smallest absolute Gasteiger partial charge is 0.0622 e. The van der Waals surface area contributed by atoms with Crippen molar-refractivity contribution in [2.75, 3.05) is 6.61 Å². The maximum atomic E-state index is 10.5. The van der Waals surface area contributed by atoms with Crippen molar-refractivity contribution < 1.29 is 10.2 Å². The molecular weight excluding hydrogens is 296 g/mol. The maximum absolute atomic E-state index is 10.5. The molecule has 0 aromatic rings. The first-order chi connectivity index (χ1) is 11.4. The third-order valence-electron chi connectivity index (χ3n) is 9.29. The van der Waals surface area contributed by atoms with Crippen molar-refractivity contribution in [3.8, 4) is 0 Å². The van der Waals surface area contributed by atoms with Gasteiger partial charge < -0.3 is 10.2 Å². The molecule has 2 N–H and O–H groups in total. The van der Waals surface area contributed by atoms with E-state index in [2.05, 4.69) is 20.8 Å². The van der Waals surface area contributed by atoms with Gasteiger partial charge in [-0.05, 0) is 112 Å². The van der Waals surface area contributed by atoms with Gasteiger partial charge in [0.15, 0.2) is 0 Å². The molecule has 2 nitrogen and oxygen atoms in total. The summed E-state index contributed by atoms with van der Waals surface area (Å²) in [6, 6.07) is 0. The Labute approximate surface area is 148 Å². The second-order valence-electron chi connectivity index (χ2n) is 10.6. The van der Waals surface area contributed by atoms with Gasteiger partial charge in [-0.15, -0.1) is 0 Å². The standard InChI is InChI=1S/C22H38O2/c1-14(13-23)19-6-7-20-18-5-4-15-12-21(2,24)10-8-16(15)17(18)9-11-22(19,20)3/h14-20,23-24H,4-13H2,1-3H3/t14?,15?,16?,17-,18?,19-,20+,21-,22?/m1/s1. The number of hydrogen-bond donors (Lipinski definition) is 2. The highest BCUT2D eigenvalue weighted by molar-refractivity contribution is 5.07. The molecule has 0 bridgehead atoms. The number of hydrogen-bond acceptors (Lipinski definition) is 2. The van der Waals surface area contributed by atoms with Gasteiger partial charge in [0.1, 0.15) is 0 Å². The Morgan fingerprint density at radius 3 is 2.42 bits per heavy atom. The number of fused-ring (bicyclic) bond motifs is 5. The van der Waals surface area contributed by atoms with Crippen LogP contribution >= 0.6 is 0 Å². The van der Waals surface area contributed by atoms with E-state index in [-0.39, 0.29) is 0 Å². The van der Waals surface area contributed by atoms with Gasteiger partial charge >= 0.3 is 0 Å². The van der Waals surface area contributed by atoms with Crippen LogP contribution in [0.2, 0.25) is 0 Å². The summed E-state index contributed by atoms with van der Waals surface area (Å²) in [5.41, 5.74) is 0.0858. The number of rotatable bonds is 2. The SMILES string of the molecule is CC(CO)[C@H]1CC[C@H]2C3CCC4C[C@](C)(O)CCC4[C@H]3CCC12C. The molecule has 4 aliphatic carbocycles. The number of aliphatic hydroxyl groups is 2. The van der Waals surface area contributed by atoms with E-state index in [1.165, 1.54) is 44.9 Å². The zero-order valence-electron chi connectivity index (χ0n) is 16.0. The molecule has 0 aromatic carbocycles. The number of aliphatic hydroxyl groups excluding tert-OH is 1. The van der Waals surface area contributed by atoms with Crippen molar-refractivity contribution >= 4 is 0 Å². The first kappa shape index (κ1) is 17.3. The lowest BCUT2D eigenvalue weighted by Crippen LogP contribution is -2.51. The Kier molecular flexibility index (Phi) is 4.32. The predicted octanol–water partition coefficient (Wildman–Crippen LogP) is 4.63. The van der Waals surface area contributed by atoms with Crippen LogP contribution in [0.5, 0.6) is 0 Å². The van der Waals surface area contributed by atoms with E-state index in [1.54, 1.807) is 0 Å². The van der Waals surface area contributed by atoms with Crippen LogP contribution < -0.4 is 0 Å². The lowest BCUT2D eigenvalue weighted by atomic mass is 9.48. The Bertz CT molecular complexity index is 473. The summed E-state index contributed by atoms with van der Waals surface area (Å²) < 4.78 is 0. The summed E-state index contributed by atoms with van der Waals surface area (Å²) >= 11 is 0. The van der Waals surface area contributed by atoms with Crippen LogP contribution in [0.15, 0.2) is 0 Å².